The Morgan fingerprint density at radius 2 is 1.69 bits per heavy atom. The fraction of sp³-hybridized carbons (Fsp3) is 0.556. The second-order valence-corrected chi connectivity index (χ2v) is 12.1. The molecule has 212 valence electrons. The number of hydrogen-bond donors (Lipinski definition) is 1. The number of carbonyl (C=O) groups is 3. The number of carboxylic acids is 1. The summed E-state index contributed by atoms with van der Waals surface area (Å²) in [6.07, 6.45) is -0.821. The van der Waals surface area contributed by atoms with Crippen molar-refractivity contribution < 1.29 is 32.7 Å². The normalized spacial score (nSPS) is 22.7. The minimum absolute atomic E-state index is 0.00724. The van der Waals surface area contributed by atoms with Crippen molar-refractivity contribution in [3.8, 4) is 0 Å². The quantitative estimate of drug-likeness (QED) is 0.338. The van der Waals surface area contributed by atoms with Crippen LogP contribution in [0, 0.1) is 10.8 Å². The van der Waals surface area contributed by atoms with Crippen molar-refractivity contribution in [3.05, 3.63) is 51.3 Å². The standard InChI is InChI=1S/C27H30Cl2F3N3O4/c1-25(9-4-10-25)15-34(14-20(36)21-18(28)5-3-6-19(21)29)23(37)17-13-33-35(22(17)27(30,31)32)16-7-11-26(2,12-8-16)24(38)39/h3,5-6,13,16H,4,7-12,14-15H2,1-2H3,(H,38,39)/t16-,26-. The highest BCUT2D eigenvalue weighted by molar-refractivity contribution is 6.40. The first-order chi connectivity index (χ1) is 18.2. The van der Waals surface area contributed by atoms with E-state index in [1.54, 1.807) is 13.0 Å². The van der Waals surface area contributed by atoms with Crippen LogP contribution in [0.2, 0.25) is 10.0 Å². The lowest BCUT2D eigenvalue weighted by molar-refractivity contribution is -0.152. The summed E-state index contributed by atoms with van der Waals surface area (Å²) in [6, 6.07) is 3.81. The van der Waals surface area contributed by atoms with Crippen LogP contribution in [0.15, 0.2) is 24.4 Å². The lowest BCUT2D eigenvalue weighted by atomic mass is 9.70. The van der Waals surface area contributed by atoms with Crippen molar-refractivity contribution in [2.45, 2.75) is 71.0 Å². The maximum Gasteiger partial charge on any atom is 0.433 e. The number of alkyl halides is 3. The van der Waals surface area contributed by atoms with Gasteiger partial charge in [0, 0.05) is 6.54 Å². The second-order valence-electron chi connectivity index (χ2n) is 11.3. The van der Waals surface area contributed by atoms with Gasteiger partial charge in [0.25, 0.3) is 5.91 Å². The van der Waals surface area contributed by atoms with E-state index in [0.29, 0.717) is 0 Å². The molecule has 0 aliphatic heterocycles. The minimum Gasteiger partial charge on any atom is -0.481 e. The van der Waals surface area contributed by atoms with Crippen molar-refractivity contribution in [2.24, 2.45) is 10.8 Å². The van der Waals surface area contributed by atoms with Gasteiger partial charge >= 0.3 is 12.1 Å². The van der Waals surface area contributed by atoms with Gasteiger partial charge in [0.15, 0.2) is 11.5 Å². The number of rotatable bonds is 8. The molecule has 12 heteroatoms. The molecule has 1 N–H and O–H groups in total. The van der Waals surface area contributed by atoms with Crippen molar-refractivity contribution in [3.63, 3.8) is 0 Å². The molecule has 7 nitrogen and oxygen atoms in total. The van der Waals surface area contributed by atoms with Crippen LogP contribution < -0.4 is 0 Å². The first-order valence-electron chi connectivity index (χ1n) is 12.8. The smallest absolute Gasteiger partial charge is 0.433 e. The van der Waals surface area contributed by atoms with Crippen LogP contribution in [0.25, 0.3) is 0 Å². The Labute approximate surface area is 234 Å². The van der Waals surface area contributed by atoms with Crippen molar-refractivity contribution >= 4 is 40.9 Å². The molecule has 2 saturated carbocycles. The van der Waals surface area contributed by atoms with Crippen LogP contribution in [0.5, 0.6) is 0 Å². The zero-order valence-electron chi connectivity index (χ0n) is 21.7. The number of aromatic nitrogens is 2. The Bertz CT molecular complexity index is 1260. The molecule has 4 rings (SSSR count). The lowest BCUT2D eigenvalue weighted by Crippen LogP contribution is -2.46. The largest absolute Gasteiger partial charge is 0.481 e. The summed E-state index contributed by atoms with van der Waals surface area (Å²) in [7, 11) is 0. The van der Waals surface area contributed by atoms with Crippen LogP contribution in [-0.2, 0) is 11.0 Å². The van der Waals surface area contributed by atoms with Gasteiger partial charge in [0.1, 0.15) is 0 Å². The SMILES string of the molecule is CC1(CN(CC(=O)c2c(Cl)cccc2Cl)C(=O)c2cnn([C@H]3CC[C@](C)(C(=O)O)CC3)c2C(F)(F)F)CCC1. The number of aliphatic carboxylic acids is 1. The fourth-order valence-corrected chi connectivity index (χ4v) is 6.17. The molecule has 0 atom stereocenters. The molecule has 39 heavy (non-hydrogen) atoms. The number of halogens is 5. The van der Waals surface area contributed by atoms with Gasteiger partial charge in [-0.3, -0.25) is 19.1 Å². The number of nitrogens with zero attached hydrogens (tertiary/aromatic N) is 3. The Balaban J connectivity index is 1.67. The molecule has 1 aromatic heterocycles. The molecule has 0 bridgehead atoms. The predicted octanol–water partition coefficient (Wildman–Crippen LogP) is 6.93. The van der Waals surface area contributed by atoms with Gasteiger partial charge in [-0.1, -0.05) is 42.6 Å². The number of carbonyl (C=O) groups excluding carboxylic acids is 2. The van der Waals surface area contributed by atoms with Crippen molar-refractivity contribution in [1.82, 2.24) is 14.7 Å². The number of carboxylic acid groups (broad SMARTS) is 1. The molecule has 2 aliphatic carbocycles. The number of ketones is 1. The zero-order valence-corrected chi connectivity index (χ0v) is 23.2. The molecule has 1 amide bonds. The maximum atomic E-state index is 14.4. The average molecular weight is 588 g/mol. The molecule has 0 spiro atoms. The van der Waals surface area contributed by atoms with Crippen LogP contribution in [0.1, 0.15) is 91.2 Å². The van der Waals surface area contributed by atoms with Crippen LogP contribution in [0.4, 0.5) is 13.2 Å². The van der Waals surface area contributed by atoms with E-state index in [1.807, 2.05) is 6.92 Å². The molecular weight excluding hydrogens is 558 g/mol. The summed E-state index contributed by atoms with van der Waals surface area (Å²) in [6.45, 7) is 3.10. The summed E-state index contributed by atoms with van der Waals surface area (Å²) >= 11 is 12.4. The highest BCUT2D eigenvalue weighted by Gasteiger charge is 2.46. The number of amides is 1. The monoisotopic (exact) mass is 587 g/mol. The average Bonchev–Trinajstić information content (AvgIpc) is 3.28. The molecule has 2 fully saturated rings. The molecule has 0 radical (unpaired) electrons. The van der Waals surface area contributed by atoms with E-state index in [0.717, 1.165) is 35.0 Å². The van der Waals surface area contributed by atoms with E-state index in [2.05, 4.69) is 5.10 Å². The maximum absolute atomic E-state index is 14.4. The number of benzene rings is 1. The molecule has 0 saturated heterocycles. The Morgan fingerprint density at radius 3 is 2.18 bits per heavy atom. The molecular formula is C27H30Cl2F3N3O4. The van der Waals surface area contributed by atoms with E-state index in [1.165, 1.54) is 12.1 Å². The van der Waals surface area contributed by atoms with Crippen LogP contribution in [-0.4, -0.2) is 50.5 Å². The van der Waals surface area contributed by atoms with Gasteiger partial charge in [0.05, 0.1) is 45.4 Å². The summed E-state index contributed by atoms with van der Waals surface area (Å²) in [5, 5.41) is 13.6. The van der Waals surface area contributed by atoms with Crippen LogP contribution in [0.3, 0.4) is 0 Å². The zero-order chi connectivity index (χ0) is 28.8. The lowest BCUT2D eigenvalue weighted by Gasteiger charge is -2.42. The summed E-state index contributed by atoms with van der Waals surface area (Å²) in [5.74, 6) is -2.52. The fourth-order valence-electron chi connectivity index (χ4n) is 5.56. The molecule has 2 aliphatic rings. The van der Waals surface area contributed by atoms with E-state index in [9.17, 15) is 32.7 Å². The van der Waals surface area contributed by atoms with Gasteiger partial charge in [0.2, 0.25) is 0 Å². The van der Waals surface area contributed by atoms with Gasteiger partial charge in [-0.05, 0) is 63.0 Å². The summed E-state index contributed by atoms with van der Waals surface area (Å²) in [4.78, 5) is 39.7. The first kappa shape index (κ1) is 29.4. The van der Waals surface area contributed by atoms with Crippen molar-refractivity contribution in [2.75, 3.05) is 13.1 Å². The third kappa shape index (κ3) is 5.96. The van der Waals surface area contributed by atoms with Crippen molar-refractivity contribution in [1.29, 1.82) is 0 Å². The van der Waals surface area contributed by atoms with Gasteiger partial charge in [-0.15, -0.1) is 0 Å². The van der Waals surface area contributed by atoms with E-state index in [-0.39, 0.29) is 53.3 Å². The first-order valence-corrected chi connectivity index (χ1v) is 13.6. The second kappa shape index (κ2) is 10.8. The Hall–Kier alpha value is -2.59. The highest BCUT2D eigenvalue weighted by Crippen LogP contribution is 2.44. The van der Waals surface area contributed by atoms with E-state index in [4.69, 9.17) is 23.2 Å². The third-order valence-electron chi connectivity index (χ3n) is 8.21. The third-order valence-corrected chi connectivity index (χ3v) is 8.84. The summed E-state index contributed by atoms with van der Waals surface area (Å²) in [5.41, 5.74) is -3.18. The Kier molecular flexibility index (Phi) is 8.11. The topological polar surface area (TPSA) is 92.5 Å². The van der Waals surface area contributed by atoms with E-state index >= 15 is 0 Å². The summed E-state index contributed by atoms with van der Waals surface area (Å²) < 4.78 is 44.1. The number of Topliss-reactive ketones (excluding diaryl/α,β-unsaturated/α-hetero) is 1. The minimum atomic E-state index is -4.91. The molecule has 1 heterocycles. The van der Waals surface area contributed by atoms with Gasteiger partial charge < -0.3 is 10.0 Å². The van der Waals surface area contributed by atoms with Crippen LogP contribution >= 0.6 is 23.2 Å². The molecule has 1 aromatic carbocycles. The number of hydrogen-bond acceptors (Lipinski definition) is 4. The highest BCUT2D eigenvalue weighted by atomic mass is 35.5. The predicted molar refractivity (Wildman–Crippen MR) is 139 cm³/mol. The van der Waals surface area contributed by atoms with E-state index < -0.39 is 53.1 Å². The van der Waals surface area contributed by atoms with Gasteiger partial charge in [-0.25, -0.2) is 0 Å². The Morgan fingerprint density at radius 1 is 1.10 bits per heavy atom. The molecule has 2 aromatic rings. The van der Waals surface area contributed by atoms with Gasteiger partial charge in [-0.2, -0.15) is 18.3 Å². The molecule has 0 unspecified atom stereocenters.